The Morgan fingerprint density at radius 3 is 2.52 bits per heavy atom. The summed E-state index contributed by atoms with van der Waals surface area (Å²) < 4.78 is 0. The van der Waals surface area contributed by atoms with Gasteiger partial charge >= 0.3 is 5.97 Å². The Morgan fingerprint density at radius 1 is 1.15 bits per heavy atom. The van der Waals surface area contributed by atoms with E-state index in [-0.39, 0.29) is 22.8 Å². The van der Waals surface area contributed by atoms with Crippen molar-refractivity contribution in [3.05, 3.63) is 68.6 Å². The van der Waals surface area contributed by atoms with Crippen LogP contribution in [0, 0.1) is 6.92 Å². The first-order chi connectivity index (χ1) is 12.8. The minimum absolute atomic E-state index is 0.0713. The van der Waals surface area contributed by atoms with Crippen LogP contribution in [0.1, 0.15) is 61.6 Å². The summed E-state index contributed by atoms with van der Waals surface area (Å²) in [5, 5.41) is 9.37. The van der Waals surface area contributed by atoms with Crippen LogP contribution in [-0.2, 0) is 0 Å². The predicted octanol–water partition coefficient (Wildman–Crippen LogP) is 2.21. The molecule has 1 aromatic carbocycles. The van der Waals surface area contributed by atoms with Crippen molar-refractivity contribution in [2.75, 3.05) is 13.1 Å². The van der Waals surface area contributed by atoms with Gasteiger partial charge in [-0.2, -0.15) is 0 Å². The highest BCUT2D eigenvalue weighted by Gasteiger charge is 2.31. The standard InChI is InChI=1S/C20H20N2O5/c1-11-16(12(2)23)9-17(18(24)21-11)19(25)22-8-7-13(10-22)14-5-3-4-6-15(14)20(26)27/h3-6,9,13H,7-8,10H2,1-2H3,(H,21,24)(H,26,27)/t13-/m0/s1. The smallest absolute Gasteiger partial charge is 0.335 e. The number of benzene rings is 1. The maximum atomic E-state index is 12.8. The fourth-order valence-electron chi connectivity index (χ4n) is 3.56. The number of aromatic amines is 1. The molecule has 1 fully saturated rings. The number of aromatic carboxylic acids is 1. The summed E-state index contributed by atoms with van der Waals surface area (Å²) in [4.78, 5) is 52.3. The summed E-state index contributed by atoms with van der Waals surface area (Å²) in [5.74, 6) is -1.80. The predicted molar refractivity (Wildman–Crippen MR) is 98.5 cm³/mol. The number of aromatic nitrogens is 1. The van der Waals surface area contributed by atoms with Gasteiger partial charge in [-0.05, 0) is 38.0 Å². The van der Waals surface area contributed by atoms with Gasteiger partial charge in [0.2, 0.25) is 0 Å². The van der Waals surface area contributed by atoms with E-state index >= 15 is 0 Å². The number of rotatable bonds is 4. The van der Waals surface area contributed by atoms with E-state index in [9.17, 15) is 24.3 Å². The molecule has 2 heterocycles. The minimum atomic E-state index is -1.00. The fourth-order valence-corrected chi connectivity index (χ4v) is 3.56. The van der Waals surface area contributed by atoms with Gasteiger partial charge in [-0.25, -0.2) is 4.79 Å². The van der Waals surface area contributed by atoms with Crippen LogP contribution in [0.4, 0.5) is 0 Å². The largest absolute Gasteiger partial charge is 0.478 e. The summed E-state index contributed by atoms with van der Waals surface area (Å²) in [7, 11) is 0. The third-order valence-corrected chi connectivity index (χ3v) is 4.95. The van der Waals surface area contributed by atoms with Crippen LogP contribution in [0.5, 0.6) is 0 Å². The highest BCUT2D eigenvalue weighted by atomic mass is 16.4. The average Bonchev–Trinajstić information content (AvgIpc) is 3.11. The Hall–Kier alpha value is -3.22. The molecule has 0 spiro atoms. The molecule has 7 nitrogen and oxygen atoms in total. The molecule has 0 radical (unpaired) electrons. The monoisotopic (exact) mass is 368 g/mol. The van der Waals surface area contributed by atoms with Crippen LogP contribution in [0.15, 0.2) is 35.1 Å². The van der Waals surface area contributed by atoms with Crippen LogP contribution >= 0.6 is 0 Å². The van der Waals surface area contributed by atoms with E-state index in [2.05, 4.69) is 4.98 Å². The number of carbonyl (C=O) groups excluding carboxylic acids is 2. The van der Waals surface area contributed by atoms with Gasteiger partial charge in [0.15, 0.2) is 5.78 Å². The van der Waals surface area contributed by atoms with Gasteiger partial charge < -0.3 is 15.0 Å². The minimum Gasteiger partial charge on any atom is -0.478 e. The number of pyridine rings is 1. The van der Waals surface area contributed by atoms with Gasteiger partial charge in [0.05, 0.1) is 5.56 Å². The highest BCUT2D eigenvalue weighted by Crippen LogP contribution is 2.30. The summed E-state index contributed by atoms with van der Waals surface area (Å²) in [6.45, 7) is 3.73. The molecule has 0 aliphatic carbocycles. The van der Waals surface area contributed by atoms with Gasteiger partial charge in [0.1, 0.15) is 5.56 Å². The Bertz CT molecular complexity index is 992. The van der Waals surface area contributed by atoms with E-state index in [1.807, 2.05) is 0 Å². The number of amides is 1. The maximum Gasteiger partial charge on any atom is 0.335 e. The van der Waals surface area contributed by atoms with E-state index in [1.54, 1.807) is 31.2 Å². The number of carboxylic acids is 1. The van der Waals surface area contributed by atoms with Gasteiger partial charge in [0, 0.05) is 30.3 Å². The first kappa shape index (κ1) is 18.6. The molecular formula is C20H20N2O5. The quantitative estimate of drug-likeness (QED) is 0.805. The summed E-state index contributed by atoms with van der Waals surface area (Å²) in [6, 6.07) is 8.09. The number of likely N-dealkylation sites (tertiary alicyclic amines) is 1. The summed E-state index contributed by atoms with van der Waals surface area (Å²) in [5.41, 5.74) is 1.05. The molecule has 2 aromatic rings. The molecular weight excluding hydrogens is 348 g/mol. The molecule has 1 aromatic heterocycles. The van der Waals surface area contributed by atoms with Crippen molar-refractivity contribution in [2.45, 2.75) is 26.2 Å². The van der Waals surface area contributed by atoms with Crippen molar-refractivity contribution in [3.63, 3.8) is 0 Å². The first-order valence-corrected chi connectivity index (χ1v) is 8.66. The van der Waals surface area contributed by atoms with Crippen molar-refractivity contribution < 1.29 is 19.5 Å². The lowest BCUT2D eigenvalue weighted by atomic mass is 9.93. The van der Waals surface area contributed by atoms with E-state index in [0.29, 0.717) is 36.3 Å². The number of nitrogens with zero attached hydrogens (tertiary/aromatic N) is 1. The Labute approximate surface area is 155 Å². The number of carbonyl (C=O) groups is 3. The molecule has 1 amide bonds. The second-order valence-corrected chi connectivity index (χ2v) is 6.74. The topological polar surface area (TPSA) is 108 Å². The number of Topliss-reactive ketones (excluding diaryl/α,β-unsaturated/α-hetero) is 1. The number of nitrogens with one attached hydrogen (secondary N) is 1. The molecule has 1 saturated heterocycles. The SMILES string of the molecule is CC(=O)c1cc(C(=O)N2CC[C@H](c3ccccc3C(=O)O)C2)c(=O)[nH]c1C. The summed E-state index contributed by atoms with van der Waals surface area (Å²) in [6.07, 6.45) is 0.610. The van der Waals surface area contributed by atoms with Gasteiger partial charge in [0.25, 0.3) is 11.5 Å². The number of hydrogen-bond donors (Lipinski definition) is 2. The van der Waals surface area contributed by atoms with E-state index < -0.39 is 17.4 Å². The Balaban J connectivity index is 1.87. The molecule has 140 valence electrons. The zero-order chi connectivity index (χ0) is 19.7. The molecule has 1 atom stereocenters. The molecule has 1 aliphatic heterocycles. The van der Waals surface area contributed by atoms with Crippen molar-refractivity contribution >= 4 is 17.7 Å². The molecule has 27 heavy (non-hydrogen) atoms. The zero-order valence-electron chi connectivity index (χ0n) is 15.1. The Morgan fingerprint density at radius 2 is 1.85 bits per heavy atom. The van der Waals surface area contributed by atoms with Crippen LogP contribution < -0.4 is 5.56 Å². The van der Waals surface area contributed by atoms with Crippen LogP contribution in [0.3, 0.4) is 0 Å². The average molecular weight is 368 g/mol. The second kappa shape index (κ2) is 7.19. The van der Waals surface area contributed by atoms with Crippen molar-refractivity contribution in [2.24, 2.45) is 0 Å². The first-order valence-electron chi connectivity index (χ1n) is 8.66. The molecule has 3 rings (SSSR count). The van der Waals surface area contributed by atoms with Gasteiger partial charge in [-0.1, -0.05) is 18.2 Å². The fraction of sp³-hybridized carbons (Fsp3) is 0.300. The third kappa shape index (κ3) is 3.53. The number of aryl methyl sites for hydroxylation is 1. The lowest BCUT2D eigenvalue weighted by Gasteiger charge is -2.18. The zero-order valence-corrected chi connectivity index (χ0v) is 15.1. The molecule has 1 aliphatic rings. The van der Waals surface area contributed by atoms with Crippen molar-refractivity contribution in [1.29, 1.82) is 0 Å². The van der Waals surface area contributed by atoms with Crippen LogP contribution in [-0.4, -0.2) is 45.7 Å². The second-order valence-electron chi connectivity index (χ2n) is 6.74. The van der Waals surface area contributed by atoms with Gasteiger partial charge in [-0.15, -0.1) is 0 Å². The van der Waals surface area contributed by atoms with E-state index in [4.69, 9.17) is 0 Å². The molecule has 0 bridgehead atoms. The van der Waals surface area contributed by atoms with Crippen LogP contribution in [0.2, 0.25) is 0 Å². The van der Waals surface area contributed by atoms with Crippen molar-refractivity contribution in [3.8, 4) is 0 Å². The normalized spacial score (nSPS) is 16.4. The van der Waals surface area contributed by atoms with Crippen LogP contribution in [0.25, 0.3) is 0 Å². The lowest BCUT2D eigenvalue weighted by molar-refractivity contribution is 0.0694. The molecule has 0 saturated carbocycles. The lowest BCUT2D eigenvalue weighted by Crippen LogP contribution is -2.33. The number of H-pyrrole nitrogens is 1. The molecule has 0 unspecified atom stereocenters. The van der Waals surface area contributed by atoms with E-state index in [1.165, 1.54) is 17.9 Å². The maximum absolute atomic E-state index is 12.8. The number of ketones is 1. The summed E-state index contributed by atoms with van der Waals surface area (Å²) >= 11 is 0. The number of carboxylic acid groups (broad SMARTS) is 1. The third-order valence-electron chi connectivity index (χ3n) is 4.95. The van der Waals surface area contributed by atoms with E-state index in [0.717, 1.165) is 0 Å². The highest BCUT2D eigenvalue weighted by molar-refractivity contribution is 6.00. The molecule has 2 N–H and O–H groups in total. The van der Waals surface area contributed by atoms with Crippen molar-refractivity contribution in [1.82, 2.24) is 9.88 Å². The Kier molecular flexibility index (Phi) is 4.94. The molecule has 7 heteroatoms. The van der Waals surface area contributed by atoms with Gasteiger partial charge in [-0.3, -0.25) is 14.4 Å². The number of hydrogen-bond acceptors (Lipinski definition) is 4.